The van der Waals surface area contributed by atoms with E-state index in [0.29, 0.717) is 0 Å². The van der Waals surface area contributed by atoms with E-state index in [1.165, 1.54) is 27.3 Å². The van der Waals surface area contributed by atoms with Crippen LogP contribution in [0.15, 0.2) is 180 Å². The number of benzene rings is 8. The number of rotatable bonds is 5. The third kappa shape index (κ3) is 4.43. The van der Waals surface area contributed by atoms with Gasteiger partial charge in [0, 0.05) is 33.2 Å². The summed E-state index contributed by atoms with van der Waals surface area (Å²) in [5, 5.41) is 7.07. The van der Waals surface area contributed by atoms with Crippen molar-refractivity contribution in [3.63, 3.8) is 0 Å². The molecule has 0 aliphatic carbocycles. The Bertz CT molecular complexity index is 2470. The Labute approximate surface area is 267 Å². The zero-order valence-corrected chi connectivity index (χ0v) is 25.1. The van der Waals surface area contributed by atoms with E-state index in [9.17, 15) is 0 Å². The van der Waals surface area contributed by atoms with Crippen LogP contribution in [0.1, 0.15) is 0 Å². The lowest BCUT2D eigenvalue weighted by molar-refractivity contribution is 0.673. The molecule has 0 atom stereocenters. The van der Waals surface area contributed by atoms with Crippen molar-refractivity contribution < 1.29 is 4.42 Å². The van der Waals surface area contributed by atoms with Crippen molar-refractivity contribution in [2.24, 2.45) is 0 Å². The van der Waals surface area contributed by atoms with E-state index in [1.54, 1.807) is 0 Å². The summed E-state index contributed by atoms with van der Waals surface area (Å²) >= 11 is 0. The van der Waals surface area contributed by atoms with Crippen LogP contribution in [-0.4, -0.2) is 0 Å². The number of hydrogen-bond donors (Lipinski definition) is 0. The summed E-state index contributed by atoms with van der Waals surface area (Å²) in [4.78, 5) is 2.29. The Kier molecular flexibility index (Phi) is 6.17. The topological polar surface area (TPSA) is 16.4 Å². The monoisotopic (exact) mass is 587 g/mol. The summed E-state index contributed by atoms with van der Waals surface area (Å²) in [5.41, 5.74) is 9.95. The van der Waals surface area contributed by atoms with Gasteiger partial charge < -0.3 is 9.32 Å². The molecule has 0 spiro atoms. The second-order valence-corrected chi connectivity index (χ2v) is 11.8. The second kappa shape index (κ2) is 10.8. The predicted octanol–water partition coefficient (Wildman–Crippen LogP) is 12.7. The van der Waals surface area contributed by atoms with Crippen LogP contribution >= 0.6 is 0 Å². The number of furan rings is 1. The SMILES string of the molecule is c1ccc(N(c2ccccc2)c2ccc(-c3ccc4oc5c6ccccc6c(-c6ccc7ccccc7c6)cc5c4c3)cc2)cc1. The highest BCUT2D eigenvalue weighted by Crippen LogP contribution is 2.42. The summed E-state index contributed by atoms with van der Waals surface area (Å²) in [7, 11) is 0. The molecule has 0 saturated heterocycles. The molecule has 0 aliphatic heterocycles. The number of nitrogens with zero attached hydrogens (tertiary/aromatic N) is 1. The Morgan fingerprint density at radius 1 is 0.348 bits per heavy atom. The first-order chi connectivity index (χ1) is 22.8. The van der Waals surface area contributed by atoms with Gasteiger partial charge >= 0.3 is 0 Å². The maximum Gasteiger partial charge on any atom is 0.143 e. The minimum atomic E-state index is 0.899. The lowest BCUT2D eigenvalue weighted by Crippen LogP contribution is -2.09. The first-order valence-corrected chi connectivity index (χ1v) is 15.7. The normalized spacial score (nSPS) is 11.5. The average Bonchev–Trinajstić information content (AvgIpc) is 3.51. The fraction of sp³-hybridized carbons (Fsp3) is 0. The van der Waals surface area contributed by atoms with Crippen LogP contribution in [0, 0.1) is 0 Å². The Balaban J connectivity index is 1.17. The molecule has 0 radical (unpaired) electrons. The van der Waals surface area contributed by atoms with E-state index in [1.807, 2.05) is 0 Å². The van der Waals surface area contributed by atoms with Gasteiger partial charge in [-0.2, -0.15) is 0 Å². The highest BCUT2D eigenvalue weighted by atomic mass is 16.3. The molecule has 46 heavy (non-hydrogen) atoms. The highest BCUT2D eigenvalue weighted by Gasteiger charge is 2.17. The molecule has 0 amide bonds. The predicted molar refractivity (Wildman–Crippen MR) is 194 cm³/mol. The Morgan fingerprint density at radius 2 is 0.935 bits per heavy atom. The number of fused-ring (bicyclic) bond motifs is 6. The molecule has 1 heterocycles. The molecule has 0 unspecified atom stereocenters. The third-order valence-corrected chi connectivity index (χ3v) is 9.03. The molecule has 0 N–H and O–H groups in total. The van der Waals surface area contributed by atoms with Gasteiger partial charge in [-0.1, -0.05) is 115 Å². The van der Waals surface area contributed by atoms with Crippen LogP contribution in [-0.2, 0) is 0 Å². The van der Waals surface area contributed by atoms with Crippen molar-refractivity contribution in [3.8, 4) is 22.3 Å². The minimum Gasteiger partial charge on any atom is -0.455 e. The number of hydrogen-bond acceptors (Lipinski definition) is 2. The molecule has 0 aliphatic rings. The Hall–Kier alpha value is -6.12. The molecular formula is C44H29NO. The Morgan fingerprint density at radius 3 is 1.67 bits per heavy atom. The summed E-state index contributed by atoms with van der Waals surface area (Å²) in [6, 6.07) is 62.6. The first-order valence-electron chi connectivity index (χ1n) is 15.7. The van der Waals surface area contributed by atoms with Gasteiger partial charge in [0.15, 0.2) is 0 Å². The van der Waals surface area contributed by atoms with Crippen LogP contribution < -0.4 is 4.90 Å². The smallest absolute Gasteiger partial charge is 0.143 e. The molecule has 9 aromatic rings. The fourth-order valence-electron chi connectivity index (χ4n) is 6.78. The summed E-state index contributed by atoms with van der Waals surface area (Å²) in [6.45, 7) is 0. The lowest BCUT2D eigenvalue weighted by atomic mass is 9.93. The molecule has 1 aromatic heterocycles. The van der Waals surface area contributed by atoms with Crippen molar-refractivity contribution in [2.45, 2.75) is 0 Å². The molecule has 9 rings (SSSR count). The van der Waals surface area contributed by atoms with Crippen LogP contribution in [0.25, 0.3) is 65.7 Å². The highest BCUT2D eigenvalue weighted by molar-refractivity contribution is 6.19. The van der Waals surface area contributed by atoms with Crippen LogP contribution in [0.4, 0.5) is 17.1 Å². The zero-order chi connectivity index (χ0) is 30.5. The number of anilines is 3. The van der Waals surface area contributed by atoms with Crippen molar-refractivity contribution >= 4 is 60.5 Å². The molecule has 2 heteroatoms. The van der Waals surface area contributed by atoms with E-state index in [4.69, 9.17) is 4.42 Å². The van der Waals surface area contributed by atoms with Gasteiger partial charge in [0.2, 0.25) is 0 Å². The van der Waals surface area contributed by atoms with Crippen molar-refractivity contribution in [1.82, 2.24) is 0 Å². The summed E-state index contributed by atoms with van der Waals surface area (Å²) in [5.74, 6) is 0. The van der Waals surface area contributed by atoms with Gasteiger partial charge in [0.25, 0.3) is 0 Å². The van der Waals surface area contributed by atoms with E-state index in [2.05, 4.69) is 181 Å². The second-order valence-electron chi connectivity index (χ2n) is 11.8. The molecule has 0 bridgehead atoms. The van der Waals surface area contributed by atoms with Crippen molar-refractivity contribution in [1.29, 1.82) is 0 Å². The number of para-hydroxylation sites is 2. The van der Waals surface area contributed by atoms with Gasteiger partial charge in [-0.05, 0) is 99.1 Å². The van der Waals surface area contributed by atoms with Crippen molar-refractivity contribution in [2.75, 3.05) is 4.90 Å². The van der Waals surface area contributed by atoms with E-state index in [-0.39, 0.29) is 0 Å². The largest absolute Gasteiger partial charge is 0.455 e. The van der Waals surface area contributed by atoms with E-state index >= 15 is 0 Å². The first kappa shape index (κ1) is 26.3. The van der Waals surface area contributed by atoms with Crippen LogP contribution in [0.2, 0.25) is 0 Å². The molecule has 8 aromatic carbocycles. The standard InChI is InChI=1S/C44H29NO/c1-3-13-35(14-4-1)45(36-15-5-2-6-16-36)37-24-21-31(22-25-37)33-23-26-43-41(28-33)42-29-40(38-17-9-10-18-39(38)44(42)46-43)34-20-19-30-11-7-8-12-32(30)27-34/h1-29H. The van der Waals surface area contributed by atoms with Crippen LogP contribution in [0.5, 0.6) is 0 Å². The maximum absolute atomic E-state index is 6.56. The van der Waals surface area contributed by atoms with E-state index < -0.39 is 0 Å². The van der Waals surface area contributed by atoms with E-state index in [0.717, 1.165) is 55.5 Å². The van der Waals surface area contributed by atoms with Crippen LogP contribution in [0.3, 0.4) is 0 Å². The molecule has 2 nitrogen and oxygen atoms in total. The minimum absolute atomic E-state index is 0.899. The van der Waals surface area contributed by atoms with Crippen molar-refractivity contribution in [3.05, 3.63) is 176 Å². The maximum atomic E-state index is 6.56. The quantitative estimate of drug-likeness (QED) is 0.199. The van der Waals surface area contributed by atoms with Gasteiger partial charge in [-0.3, -0.25) is 0 Å². The molecule has 0 fully saturated rings. The van der Waals surface area contributed by atoms with Gasteiger partial charge in [-0.15, -0.1) is 0 Å². The molecule has 216 valence electrons. The van der Waals surface area contributed by atoms with Gasteiger partial charge in [-0.25, -0.2) is 0 Å². The molecular weight excluding hydrogens is 558 g/mol. The fourth-order valence-corrected chi connectivity index (χ4v) is 6.78. The summed E-state index contributed by atoms with van der Waals surface area (Å²) < 4.78 is 6.56. The average molecular weight is 588 g/mol. The lowest BCUT2D eigenvalue weighted by Gasteiger charge is -2.25. The molecule has 0 saturated carbocycles. The summed E-state index contributed by atoms with van der Waals surface area (Å²) in [6.07, 6.45) is 0. The zero-order valence-electron chi connectivity index (χ0n) is 25.1. The van der Waals surface area contributed by atoms with Gasteiger partial charge in [0.1, 0.15) is 11.2 Å². The third-order valence-electron chi connectivity index (χ3n) is 9.03. The van der Waals surface area contributed by atoms with Gasteiger partial charge in [0.05, 0.1) is 0 Å².